The summed E-state index contributed by atoms with van der Waals surface area (Å²) in [7, 11) is 0. The fourth-order valence-electron chi connectivity index (χ4n) is 2.10. The van der Waals surface area contributed by atoms with Crippen molar-refractivity contribution in [3.8, 4) is 0 Å². The highest BCUT2D eigenvalue weighted by Crippen LogP contribution is 2.35. The van der Waals surface area contributed by atoms with E-state index in [0.29, 0.717) is 6.54 Å². The van der Waals surface area contributed by atoms with Gasteiger partial charge in [-0.3, -0.25) is 4.98 Å². The Bertz CT molecular complexity index is 839. The maximum atomic E-state index is 13.0. The molecule has 0 aliphatic heterocycles. The molecular weight excluding hydrogens is 333 g/mol. The Hall–Kier alpha value is -3.23. The molecule has 0 unspecified atom stereocenters. The van der Waals surface area contributed by atoms with Gasteiger partial charge in [-0.25, -0.2) is 0 Å². The van der Waals surface area contributed by atoms with Gasteiger partial charge in [0.25, 0.3) is 0 Å². The molecule has 2 N–H and O–H groups in total. The number of benzene rings is 1. The highest BCUT2D eigenvalue weighted by atomic mass is 19.4. The lowest BCUT2D eigenvalue weighted by Crippen LogP contribution is -2.10. The second-order valence-electron chi connectivity index (χ2n) is 5.05. The standard InChI is InChI=1S/C16H13F3N6/c17-16(18,19)12-5-1-2-6-13(12)23-14-10-22-25-15(24-14)21-9-11-4-3-7-20-8-11/h1-8,10H,9H2,(H2,21,23,24,25). The van der Waals surface area contributed by atoms with E-state index in [2.05, 4.69) is 30.8 Å². The summed E-state index contributed by atoms with van der Waals surface area (Å²) in [6, 6.07) is 8.82. The first kappa shape index (κ1) is 16.6. The number of aromatic nitrogens is 4. The van der Waals surface area contributed by atoms with Crippen LogP contribution in [-0.2, 0) is 12.7 Å². The van der Waals surface area contributed by atoms with E-state index in [-0.39, 0.29) is 17.5 Å². The van der Waals surface area contributed by atoms with Gasteiger partial charge in [0.15, 0.2) is 5.82 Å². The number of rotatable bonds is 5. The van der Waals surface area contributed by atoms with Crippen molar-refractivity contribution < 1.29 is 13.2 Å². The zero-order valence-electron chi connectivity index (χ0n) is 12.8. The number of nitrogens with zero attached hydrogens (tertiary/aromatic N) is 4. The zero-order valence-corrected chi connectivity index (χ0v) is 12.8. The molecule has 0 aliphatic rings. The van der Waals surface area contributed by atoms with E-state index >= 15 is 0 Å². The topological polar surface area (TPSA) is 75.6 Å². The lowest BCUT2D eigenvalue weighted by molar-refractivity contribution is -0.136. The highest BCUT2D eigenvalue weighted by Gasteiger charge is 2.33. The molecule has 0 bridgehead atoms. The molecule has 0 atom stereocenters. The average molecular weight is 346 g/mol. The van der Waals surface area contributed by atoms with Crippen LogP contribution >= 0.6 is 0 Å². The molecule has 3 aromatic rings. The molecule has 0 saturated heterocycles. The van der Waals surface area contributed by atoms with Crippen molar-refractivity contribution in [3.05, 3.63) is 66.1 Å². The van der Waals surface area contributed by atoms with Crippen LogP contribution in [0, 0.1) is 0 Å². The zero-order chi connectivity index (χ0) is 17.7. The first-order valence-corrected chi connectivity index (χ1v) is 7.28. The van der Waals surface area contributed by atoms with E-state index in [1.54, 1.807) is 18.5 Å². The second kappa shape index (κ2) is 7.12. The molecule has 6 nitrogen and oxygen atoms in total. The molecule has 128 valence electrons. The van der Waals surface area contributed by atoms with E-state index < -0.39 is 11.7 Å². The molecule has 2 aromatic heterocycles. The van der Waals surface area contributed by atoms with E-state index in [1.165, 1.54) is 24.4 Å². The van der Waals surface area contributed by atoms with E-state index in [9.17, 15) is 13.2 Å². The van der Waals surface area contributed by atoms with Gasteiger partial charge in [-0.05, 0) is 23.8 Å². The fourth-order valence-corrected chi connectivity index (χ4v) is 2.10. The fraction of sp³-hybridized carbons (Fsp3) is 0.125. The Morgan fingerprint density at radius 2 is 1.84 bits per heavy atom. The maximum Gasteiger partial charge on any atom is 0.418 e. The van der Waals surface area contributed by atoms with Crippen molar-refractivity contribution in [2.75, 3.05) is 10.6 Å². The van der Waals surface area contributed by atoms with Crippen LogP contribution in [0.5, 0.6) is 0 Å². The minimum absolute atomic E-state index is 0.103. The molecule has 0 spiro atoms. The average Bonchev–Trinajstić information content (AvgIpc) is 2.61. The number of pyridine rings is 1. The van der Waals surface area contributed by atoms with Crippen LogP contribution in [0.3, 0.4) is 0 Å². The van der Waals surface area contributed by atoms with Crippen molar-refractivity contribution in [1.29, 1.82) is 0 Å². The molecule has 1 aromatic carbocycles. The first-order chi connectivity index (χ1) is 12.0. The monoisotopic (exact) mass is 346 g/mol. The number of para-hydroxylation sites is 1. The number of nitrogens with one attached hydrogen (secondary N) is 2. The van der Waals surface area contributed by atoms with Gasteiger partial charge in [0.2, 0.25) is 5.95 Å². The van der Waals surface area contributed by atoms with Crippen molar-refractivity contribution in [3.63, 3.8) is 0 Å². The Balaban J connectivity index is 1.74. The van der Waals surface area contributed by atoms with Crippen molar-refractivity contribution in [2.24, 2.45) is 0 Å². The number of halogens is 3. The quantitative estimate of drug-likeness (QED) is 0.735. The van der Waals surface area contributed by atoms with Crippen LogP contribution < -0.4 is 10.6 Å². The summed E-state index contributed by atoms with van der Waals surface area (Å²) in [6.07, 6.45) is 0.125. The molecule has 0 aliphatic carbocycles. The van der Waals surface area contributed by atoms with Crippen LogP contribution in [0.1, 0.15) is 11.1 Å². The Labute approximate surface area is 141 Å². The first-order valence-electron chi connectivity index (χ1n) is 7.28. The van der Waals surface area contributed by atoms with Crippen LogP contribution in [0.2, 0.25) is 0 Å². The van der Waals surface area contributed by atoms with Gasteiger partial charge in [0.1, 0.15) is 0 Å². The molecule has 0 amide bonds. The smallest absolute Gasteiger partial charge is 0.349 e. The Morgan fingerprint density at radius 1 is 1.00 bits per heavy atom. The molecule has 9 heteroatoms. The van der Waals surface area contributed by atoms with Crippen molar-refractivity contribution >= 4 is 17.5 Å². The Morgan fingerprint density at radius 3 is 2.60 bits per heavy atom. The molecule has 2 heterocycles. The molecule has 0 fully saturated rings. The van der Waals surface area contributed by atoms with Crippen LogP contribution in [-0.4, -0.2) is 20.2 Å². The second-order valence-corrected chi connectivity index (χ2v) is 5.05. The summed E-state index contributed by atoms with van der Waals surface area (Å²) in [5.41, 5.74) is 0.0269. The molecule has 0 saturated carbocycles. The number of alkyl halides is 3. The van der Waals surface area contributed by atoms with Crippen LogP contribution in [0.25, 0.3) is 0 Å². The lowest BCUT2D eigenvalue weighted by Gasteiger charge is -2.14. The predicted octanol–water partition coefficient (Wildman–Crippen LogP) is 3.64. The van der Waals surface area contributed by atoms with Gasteiger partial charge in [-0.1, -0.05) is 18.2 Å². The number of hydrogen-bond acceptors (Lipinski definition) is 6. The minimum atomic E-state index is -4.47. The number of hydrogen-bond donors (Lipinski definition) is 2. The summed E-state index contributed by atoms with van der Waals surface area (Å²) >= 11 is 0. The number of anilines is 3. The maximum absolute atomic E-state index is 13.0. The van der Waals surface area contributed by atoms with Gasteiger partial charge in [-0.15, -0.1) is 5.10 Å². The van der Waals surface area contributed by atoms with E-state index in [0.717, 1.165) is 11.6 Å². The predicted molar refractivity (Wildman–Crippen MR) is 86.1 cm³/mol. The third-order valence-electron chi connectivity index (χ3n) is 3.23. The summed E-state index contributed by atoms with van der Waals surface area (Å²) in [6.45, 7) is 0.415. The van der Waals surface area contributed by atoms with Gasteiger partial charge < -0.3 is 10.6 Å². The third-order valence-corrected chi connectivity index (χ3v) is 3.23. The third kappa shape index (κ3) is 4.40. The van der Waals surface area contributed by atoms with Gasteiger partial charge in [-0.2, -0.15) is 23.3 Å². The van der Waals surface area contributed by atoms with Crippen LogP contribution in [0.4, 0.5) is 30.6 Å². The summed E-state index contributed by atoms with van der Waals surface area (Å²) in [5, 5.41) is 13.1. The normalized spacial score (nSPS) is 11.2. The lowest BCUT2D eigenvalue weighted by atomic mass is 10.1. The van der Waals surface area contributed by atoms with Gasteiger partial charge in [0.05, 0.1) is 17.4 Å². The highest BCUT2D eigenvalue weighted by molar-refractivity contribution is 5.61. The molecule has 3 rings (SSSR count). The Kier molecular flexibility index (Phi) is 4.73. The summed E-state index contributed by atoms with van der Waals surface area (Å²) in [5.74, 6) is 0.346. The van der Waals surface area contributed by atoms with E-state index in [1.807, 2.05) is 6.07 Å². The van der Waals surface area contributed by atoms with E-state index in [4.69, 9.17) is 0 Å². The summed E-state index contributed by atoms with van der Waals surface area (Å²) < 4.78 is 39.1. The van der Waals surface area contributed by atoms with Crippen LogP contribution in [0.15, 0.2) is 55.0 Å². The molecule has 25 heavy (non-hydrogen) atoms. The molecular formula is C16H13F3N6. The SMILES string of the molecule is FC(F)(F)c1ccccc1Nc1cnnc(NCc2cccnc2)n1. The van der Waals surface area contributed by atoms with Crippen molar-refractivity contribution in [2.45, 2.75) is 12.7 Å². The van der Waals surface area contributed by atoms with Gasteiger partial charge >= 0.3 is 6.18 Å². The molecule has 0 radical (unpaired) electrons. The minimum Gasteiger partial charge on any atom is -0.349 e. The van der Waals surface area contributed by atoms with Gasteiger partial charge in [0, 0.05) is 18.9 Å². The summed E-state index contributed by atoms with van der Waals surface area (Å²) in [4.78, 5) is 8.11. The largest absolute Gasteiger partial charge is 0.418 e. The van der Waals surface area contributed by atoms with Crippen molar-refractivity contribution in [1.82, 2.24) is 20.2 Å².